The van der Waals surface area contributed by atoms with Crippen molar-refractivity contribution in [1.82, 2.24) is 14.5 Å². The third kappa shape index (κ3) is 4.75. The molecule has 0 saturated carbocycles. The lowest BCUT2D eigenvalue weighted by Crippen LogP contribution is -2.12. The van der Waals surface area contributed by atoms with Gasteiger partial charge in [-0.2, -0.15) is 13.2 Å². The van der Waals surface area contributed by atoms with Crippen LogP contribution in [-0.2, 0) is 19.1 Å². The molecule has 9 heteroatoms. The maximum Gasteiger partial charge on any atom is 0.418 e. The molecule has 2 heterocycles. The van der Waals surface area contributed by atoms with Crippen molar-refractivity contribution in [1.29, 1.82) is 0 Å². The summed E-state index contributed by atoms with van der Waals surface area (Å²) in [5.41, 5.74) is 1.36. The average molecular weight is 500 g/mol. The second kappa shape index (κ2) is 10.2. The van der Waals surface area contributed by atoms with E-state index in [1.165, 1.54) is 26.5 Å². The second-order valence-electron chi connectivity index (χ2n) is 8.74. The molecule has 0 radical (unpaired) electrons. The Morgan fingerprint density at radius 2 is 1.75 bits per heavy atom. The Balaban J connectivity index is 2.01. The van der Waals surface area contributed by atoms with Crippen LogP contribution in [0.25, 0.3) is 22.4 Å². The fraction of sp³-hybridized carbons (Fsp3) is 0.333. The van der Waals surface area contributed by atoms with Gasteiger partial charge in [-0.05, 0) is 29.2 Å². The number of aromatic nitrogens is 3. The Labute approximate surface area is 207 Å². The first-order valence-corrected chi connectivity index (χ1v) is 11.6. The van der Waals surface area contributed by atoms with Crippen LogP contribution >= 0.6 is 0 Å². The summed E-state index contributed by atoms with van der Waals surface area (Å²) in [7, 11) is 2.83. The number of fused-ring (bicyclic) bond motifs is 1. The van der Waals surface area contributed by atoms with Gasteiger partial charge in [-0.3, -0.25) is 0 Å². The predicted molar refractivity (Wildman–Crippen MR) is 131 cm³/mol. The van der Waals surface area contributed by atoms with Gasteiger partial charge in [0.25, 0.3) is 0 Å². The molecule has 190 valence electrons. The zero-order valence-electron chi connectivity index (χ0n) is 20.6. The van der Waals surface area contributed by atoms with Crippen molar-refractivity contribution >= 4 is 11.0 Å². The standard InChI is InChI=1S/C27H28F3N3O3/c1-16(2)17-7-9-18(10-8-17)25-32-23-22(27(28,29)30)20(14-19-6-5-11-31-26(19)36-4)15-21(35-3)24(23)33(25)12-13-34/h5-11,15-16,34H,12-14H2,1-4H3. The van der Waals surface area contributed by atoms with Crippen molar-refractivity contribution in [2.75, 3.05) is 20.8 Å². The van der Waals surface area contributed by atoms with E-state index in [9.17, 15) is 18.3 Å². The van der Waals surface area contributed by atoms with E-state index in [4.69, 9.17) is 9.47 Å². The zero-order valence-corrected chi connectivity index (χ0v) is 20.6. The van der Waals surface area contributed by atoms with E-state index >= 15 is 0 Å². The Morgan fingerprint density at radius 1 is 1.03 bits per heavy atom. The number of rotatable bonds is 8. The highest BCUT2D eigenvalue weighted by molar-refractivity contribution is 5.90. The molecule has 0 spiro atoms. The normalized spacial score (nSPS) is 11.9. The number of aliphatic hydroxyl groups excluding tert-OH is 1. The van der Waals surface area contributed by atoms with Gasteiger partial charge in [0.2, 0.25) is 5.88 Å². The molecular formula is C27H28F3N3O3. The molecule has 0 saturated heterocycles. The van der Waals surface area contributed by atoms with E-state index in [1.54, 1.807) is 16.7 Å². The molecule has 0 atom stereocenters. The Kier molecular flexibility index (Phi) is 7.21. The summed E-state index contributed by atoms with van der Waals surface area (Å²) >= 11 is 0. The number of benzene rings is 2. The quantitative estimate of drug-likeness (QED) is 0.330. The van der Waals surface area contributed by atoms with E-state index in [2.05, 4.69) is 23.8 Å². The minimum absolute atomic E-state index is 0.00601. The van der Waals surface area contributed by atoms with Crippen LogP contribution in [0.3, 0.4) is 0 Å². The van der Waals surface area contributed by atoms with Gasteiger partial charge in [-0.1, -0.05) is 44.2 Å². The van der Waals surface area contributed by atoms with Crippen molar-refractivity contribution in [3.05, 3.63) is 70.9 Å². The molecule has 4 rings (SSSR count). The topological polar surface area (TPSA) is 69.4 Å². The smallest absolute Gasteiger partial charge is 0.418 e. The number of nitrogens with zero attached hydrogens (tertiary/aromatic N) is 3. The lowest BCUT2D eigenvalue weighted by Gasteiger charge is -2.17. The van der Waals surface area contributed by atoms with Crippen molar-refractivity contribution in [2.24, 2.45) is 0 Å². The number of methoxy groups -OCH3 is 2. The maximum atomic E-state index is 14.6. The van der Waals surface area contributed by atoms with Crippen LogP contribution in [0, 0.1) is 0 Å². The molecular weight excluding hydrogens is 471 g/mol. The summed E-state index contributed by atoms with van der Waals surface area (Å²) in [5.74, 6) is 1.12. The van der Waals surface area contributed by atoms with E-state index in [0.717, 1.165) is 5.56 Å². The van der Waals surface area contributed by atoms with Crippen molar-refractivity contribution < 1.29 is 27.8 Å². The number of ether oxygens (including phenoxy) is 2. The van der Waals surface area contributed by atoms with Crippen LogP contribution in [0.2, 0.25) is 0 Å². The van der Waals surface area contributed by atoms with Crippen LogP contribution in [0.1, 0.15) is 42.0 Å². The van der Waals surface area contributed by atoms with Gasteiger partial charge in [0.1, 0.15) is 22.6 Å². The van der Waals surface area contributed by atoms with Gasteiger partial charge in [-0.25, -0.2) is 9.97 Å². The summed E-state index contributed by atoms with van der Waals surface area (Å²) in [6.45, 7) is 3.91. The lowest BCUT2D eigenvalue weighted by molar-refractivity contribution is -0.137. The molecule has 0 fully saturated rings. The average Bonchev–Trinajstić information content (AvgIpc) is 3.22. The number of imidazole rings is 1. The van der Waals surface area contributed by atoms with E-state index < -0.39 is 11.7 Å². The van der Waals surface area contributed by atoms with Crippen LogP contribution in [0.5, 0.6) is 11.6 Å². The summed E-state index contributed by atoms with van der Waals surface area (Å²) in [5, 5.41) is 9.75. The molecule has 6 nitrogen and oxygen atoms in total. The molecule has 0 bridgehead atoms. The van der Waals surface area contributed by atoms with Crippen LogP contribution in [-0.4, -0.2) is 40.5 Å². The third-order valence-corrected chi connectivity index (χ3v) is 6.15. The van der Waals surface area contributed by atoms with Crippen molar-refractivity contribution in [3.63, 3.8) is 0 Å². The van der Waals surface area contributed by atoms with Gasteiger partial charge in [-0.15, -0.1) is 0 Å². The van der Waals surface area contributed by atoms with Gasteiger partial charge < -0.3 is 19.1 Å². The molecule has 2 aromatic carbocycles. The lowest BCUT2D eigenvalue weighted by atomic mass is 9.97. The van der Waals surface area contributed by atoms with Crippen LogP contribution in [0.4, 0.5) is 13.2 Å². The molecule has 2 aromatic heterocycles. The monoisotopic (exact) mass is 499 g/mol. The summed E-state index contributed by atoms with van der Waals surface area (Å²) in [6, 6.07) is 12.3. The number of hydrogen-bond acceptors (Lipinski definition) is 5. The number of aliphatic hydroxyl groups is 1. The largest absolute Gasteiger partial charge is 0.494 e. The summed E-state index contributed by atoms with van der Waals surface area (Å²) in [4.78, 5) is 8.61. The van der Waals surface area contributed by atoms with E-state index in [0.29, 0.717) is 22.9 Å². The first kappa shape index (κ1) is 25.5. The molecule has 0 aliphatic carbocycles. The SMILES string of the molecule is COc1ncccc1Cc1cc(OC)c2c(nc(-c3ccc(C(C)C)cc3)n2CCO)c1C(F)(F)F. The van der Waals surface area contributed by atoms with Gasteiger partial charge in [0, 0.05) is 30.3 Å². The zero-order chi connectivity index (χ0) is 26.0. The summed E-state index contributed by atoms with van der Waals surface area (Å²) in [6.07, 6.45) is -3.25. The molecule has 1 N–H and O–H groups in total. The first-order chi connectivity index (χ1) is 17.2. The van der Waals surface area contributed by atoms with Gasteiger partial charge >= 0.3 is 6.18 Å². The van der Waals surface area contributed by atoms with E-state index in [1.807, 2.05) is 24.3 Å². The number of pyridine rings is 1. The van der Waals surface area contributed by atoms with E-state index in [-0.39, 0.29) is 47.8 Å². The molecule has 36 heavy (non-hydrogen) atoms. The Hall–Kier alpha value is -3.59. The van der Waals surface area contributed by atoms with Crippen molar-refractivity contribution in [2.45, 2.75) is 38.9 Å². The number of hydrogen-bond donors (Lipinski definition) is 1. The molecule has 4 aromatic rings. The Bertz CT molecular complexity index is 1360. The fourth-order valence-corrected chi connectivity index (χ4v) is 4.44. The van der Waals surface area contributed by atoms with Gasteiger partial charge in [0.05, 0.1) is 26.4 Å². The summed E-state index contributed by atoms with van der Waals surface area (Å²) < 4.78 is 56.2. The minimum atomic E-state index is -4.69. The maximum absolute atomic E-state index is 14.6. The third-order valence-electron chi connectivity index (χ3n) is 6.15. The van der Waals surface area contributed by atoms with Gasteiger partial charge in [0.15, 0.2) is 0 Å². The number of alkyl halides is 3. The predicted octanol–water partition coefficient (Wildman–Crippen LogP) is 5.84. The van der Waals surface area contributed by atoms with Crippen LogP contribution in [0.15, 0.2) is 48.7 Å². The number of halogens is 3. The highest BCUT2D eigenvalue weighted by atomic mass is 19.4. The Morgan fingerprint density at radius 3 is 2.33 bits per heavy atom. The molecule has 0 aliphatic rings. The molecule has 0 aliphatic heterocycles. The first-order valence-electron chi connectivity index (χ1n) is 11.6. The molecule has 0 unspecified atom stereocenters. The minimum Gasteiger partial charge on any atom is -0.494 e. The highest BCUT2D eigenvalue weighted by Gasteiger charge is 2.39. The highest BCUT2D eigenvalue weighted by Crippen LogP contribution is 2.43. The van der Waals surface area contributed by atoms with Crippen molar-refractivity contribution in [3.8, 4) is 23.0 Å². The fourth-order valence-electron chi connectivity index (χ4n) is 4.44. The molecule has 0 amide bonds. The second-order valence-corrected chi connectivity index (χ2v) is 8.74. The van der Waals surface area contributed by atoms with Crippen LogP contribution < -0.4 is 9.47 Å².